The maximum Gasteiger partial charge on any atom is 0.226 e. The first-order valence-corrected chi connectivity index (χ1v) is 15.3. The summed E-state index contributed by atoms with van der Waals surface area (Å²) in [7, 11) is 0. The maximum atomic E-state index is 13.5. The highest BCUT2D eigenvalue weighted by Crippen LogP contribution is 2.66. The van der Waals surface area contributed by atoms with Crippen LogP contribution in [0.2, 0.25) is 0 Å². The summed E-state index contributed by atoms with van der Waals surface area (Å²) in [5, 5.41) is 12.9. The number of carbonyl (C=O) groups is 1. The lowest BCUT2D eigenvalue weighted by molar-refractivity contribution is -0.200. The van der Waals surface area contributed by atoms with Gasteiger partial charge in [0.1, 0.15) is 12.7 Å². The summed E-state index contributed by atoms with van der Waals surface area (Å²) >= 11 is 0. The highest BCUT2D eigenvalue weighted by Gasteiger charge is 2.73. The van der Waals surface area contributed by atoms with E-state index in [1.54, 1.807) is 0 Å². The van der Waals surface area contributed by atoms with Crippen LogP contribution in [0, 0.1) is 11.8 Å². The Labute approximate surface area is 231 Å². The number of likely N-dealkylation sites (tertiary alicyclic amines) is 2. The lowest BCUT2D eigenvalue weighted by Crippen LogP contribution is -2.78. The highest BCUT2D eigenvalue weighted by atomic mass is 16.5. The van der Waals surface area contributed by atoms with Gasteiger partial charge in [0.2, 0.25) is 5.91 Å². The molecule has 2 aromatic carbocycles. The molecule has 2 aromatic rings. The van der Waals surface area contributed by atoms with E-state index in [4.69, 9.17) is 9.47 Å². The van der Waals surface area contributed by atoms with Gasteiger partial charge in [-0.2, -0.15) is 0 Å². The van der Waals surface area contributed by atoms with Crippen LogP contribution in [-0.4, -0.2) is 64.2 Å². The van der Waals surface area contributed by atoms with Crippen LogP contribution in [0.25, 0.3) is 0 Å². The summed E-state index contributed by atoms with van der Waals surface area (Å²) in [6.45, 7) is 5.48. The van der Waals surface area contributed by atoms with Crippen molar-refractivity contribution in [1.82, 2.24) is 9.80 Å². The van der Waals surface area contributed by atoms with Crippen LogP contribution in [0.15, 0.2) is 42.5 Å². The van der Waals surface area contributed by atoms with E-state index in [0.29, 0.717) is 6.61 Å². The van der Waals surface area contributed by atoms with Gasteiger partial charge in [-0.05, 0) is 81.0 Å². The Morgan fingerprint density at radius 1 is 1.05 bits per heavy atom. The van der Waals surface area contributed by atoms with Gasteiger partial charge >= 0.3 is 0 Å². The lowest BCUT2D eigenvalue weighted by Gasteiger charge is -2.64. The summed E-state index contributed by atoms with van der Waals surface area (Å²) < 4.78 is 13.5. The zero-order valence-electron chi connectivity index (χ0n) is 23.0. The van der Waals surface area contributed by atoms with Crippen molar-refractivity contribution >= 4 is 5.91 Å². The molecule has 0 aromatic heterocycles. The molecule has 0 radical (unpaired) electrons. The number of benzene rings is 2. The molecule has 6 atom stereocenters. The minimum absolute atomic E-state index is 0.00900. The number of ether oxygens (including phenoxy) is 2. The van der Waals surface area contributed by atoms with Crippen molar-refractivity contribution < 1.29 is 19.4 Å². The topological polar surface area (TPSA) is 62.2 Å². The van der Waals surface area contributed by atoms with Crippen molar-refractivity contribution in [3.05, 3.63) is 59.2 Å². The minimum Gasteiger partial charge on any atom is -0.485 e. The Bertz CT molecular complexity index is 1290. The lowest BCUT2D eigenvalue weighted by atomic mass is 9.48. The van der Waals surface area contributed by atoms with Crippen LogP contribution in [0.3, 0.4) is 0 Å². The summed E-state index contributed by atoms with van der Waals surface area (Å²) in [6.07, 6.45) is 7.46. The van der Waals surface area contributed by atoms with E-state index in [-0.39, 0.29) is 30.0 Å². The Hall–Kier alpha value is -2.57. The minimum atomic E-state index is -0.857. The maximum absolute atomic E-state index is 13.5. The third kappa shape index (κ3) is 3.37. The van der Waals surface area contributed by atoms with E-state index in [1.165, 1.54) is 24.0 Å². The van der Waals surface area contributed by atoms with Crippen LogP contribution < -0.4 is 9.47 Å². The number of carbonyl (C=O) groups excluding carboxylic acids is 1. The second-order valence-corrected chi connectivity index (χ2v) is 13.1. The fourth-order valence-electron chi connectivity index (χ4n) is 9.08. The zero-order valence-corrected chi connectivity index (χ0v) is 23.0. The predicted octanol–water partition coefficient (Wildman–Crippen LogP) is 4.46. The average Bonchev–Trinajstić information content (AvgIpc) is 3.59. The molecule has 206 valence electrons. The van der Waals surface area contributed by atoms with E-state index in [2.05, 4.69) is 41.0 Å². The molecule has 6 aliphatic rings. The molecule has 6 nitrogen and oxygen atoms in total. The number of hydrogen-bond acceptors (Lipinski definition) is 5. The SMILES string of the molecule is CCC1CCN([C@H]2CC[C@@]3(O)[C@H]4Cc5ccc(OCc6ccccc6)c6c5[C@@]3(CCN4CC3CC3)[C@H]2O6)C1=O. The average molecular weight is 529 g/mol. The number of hydrogen-bond donors (Lipinski definition) is 1. The second-order valence-electron chi connectivity index (χ2n) is 13.1. The van der Waals surface area contributed by atoms with Crippen LogP contribution in [0.4, 0.5) is 0 Å². The number of piperidine rings is 1. The number of amides is 1. The van der Waals surface area contributed by atoms with Gasteiger partial charge in [0.15, 0.2) is 11.5 Å². The van der Waals surface area contributed by atoms with Crippen molar-refractivity contribution in [3.63, 3.8) is 0 Å². The van der Waals surface area contributed by atoms with Gasteiger partial charge in [0.25, 0.3) is 0 Å². The Balaban J connectivity index is 1.22. The molecule has 2 saturated carbocycles. The van der Waals surface area contributed by atoms with Gasteiger partial charge in [0, 0.05) is 30.6 Å². The van der Waals surface area contributed by atoms with Crippen molar-refractivity contribution in [3.8, 4) is 11.5 Å². The molecular formula is C33H40N2O4. The van der Waals surface area contributed by atoms with E-state index in [9.17, 15) is 9.90 Å². The Kier molecular flexibility index (Phi) is 5.42. The fraction of sp³-hybridized carbons (Fsp3) is 0.606. The van der Waals surface area contributed by atoms with Crippen molar-refractivity contribution in [2.45, 2.75) is 94.1 Å². The molecule has 6 heteroatoms. The summed E-state index contributed by atoms with van der Waals surface area (Å²) in [6, 6.07) is 14.7. The van der Waals surface area contributed by atoms with Crippen LogP contribution in [0.5, 0.6) is 11.5 Å². The summed E-state index contributed by atoms with van der Waals surface area (Å²) in [4.78, 5) is 18.2. The molecule has 2 saturated heterocycles. The normalized spacial score (nSPS) is 36.6. The van der Waals surface area contributed by atoms with Gasteiger partial charge in [-0.3, -0.25) is 9.69 Å². The highest BCUT2D eigenvalue weighted by molar-refractivity contribution is 5.81. The van der Waals surface area contributed by atoms with Gasteiger partial charge in [0.05, 0.1) is 17.1 Å². The number of rotatable bonds is 7. The first-order chi connectivity index (χ1) is 19.0. The first kappa shape index (κ1) is 24.2. The smallest absolute Gasteiger partial charge is 0.226 e. The van der Waals surface area contributed by atoms with E-state index < -0.39 is 11.0 Å². The Morgan fingerprint density at radius 3 is 2.67 bits per heavy atom. The second kappa shape index (κ2) is 8.71. The van der Waals surface area contributed by atoms with Gasteiger partial charge < -0.3 is 19.5 Å². The predicted molar refractivity (Wildman–Crippen MR) is 148 cm³/mol. The molecule has 8 rings (SSSR count). The number of nitrogens with zero attached hydrogens (tertiary/aromatic N) is 2. The molecule has 1 amide bonds. The molecule has 1 unspecified atom stereocenters. The Morgan fingerprint density at radius 2 is 1.90 bits per heavy atom. The van der Waals surface area contributed by atoms with Crippen molar-refractivity contribution in [1.29, 1.82) is 0 Å². The summed E-state index contributed by atoms with van der Waals surface area (Å²) in [5.74, 6) is 2.77. The third-order valence-corrected chi connectivity index (χ3v) is 11.2. The molecule has 3 heterocycles. The molecule has 1 N–H and O–H groups in total. The molecule has 2 bridgehead atoms. The molecule has 4 fully saturated rings. The zero-order chi connectivity index (χ0) is 26.4. The van der Waals surface area contributed by atoms with E-state index in [0.717, 1.165) is 81.1 Å². The molecule has 3 aliphatic heterocycles. The van der Waals surface area contributed by atoms with E-state index >= 15 is 0 Å². The summed E-state index contributed by atoms with van der Waals surface area (Å²) in [5.41, 5.74) is 2.25. The number of aliphatic hydroxyl groups is 1. The molecular weight excluding hydrogens is 488 g/mol. The van der Waals surface area contributed by atoms with E-state index in [1.807, 2.05) is 18.2 Å². The van der Waals surface area contributed by atoms with Gasteiger partial charge in [-0.15, -0.1) is 0 Å². The van der Waals surface area contributed by atoms with Crippen LogP contribution in [-0.2, 0) is 23.2 Å². The van der Waals surface area contributed by atoms with Gasteiger partial charge in [-0.25, -0.2) is 0 Å². The standard InChI is InChI=1S/C33H40N2O4/c1-2-23-13-16-35(31(23)36)25-12-14-33(37)27-18-24-10-11-26(38-20-22-6-4-3-5-7-22)29-28(24)32(33,30(25)39-29)15-17-34(27)19-21-8-9-21/h3-7,10-11,21,23,25,27,30,37H,2,8-9,12-20H2,1H3/t23?,25-,27+,30-,32-,33+/m0/s1. The van der Waals surface area contributed by atoms with Crippen molar-refractivity contribution in [2.75, 3.05) is 19.6 Å². The largest absolute Gasteiger partial charge is 0.485 e. The molecule has 39 heavy (non-hydrogen) atoms. The third-order valence-electron chi connectivity index (χ3n) is 11.2. The van der Waals surface area contributed by atoms with Gasteiger partial charge in [-0.1, -0.05) is 43.3 Å². The van der Waals surface area contributed by atoms with Crippen molar-refractivity contribution in [2.24, 2.45) is 11.8 Å². The molecule has 3 aliphatic carbocycles. The van der Waals surface area contributed by atoms with Crippen LogP contribution in [0.1, 0.15) is 68.6 Å². The molecule has 1 spiro atoms. The monoisotopic (exact) mass is 528 g/mol. The quantitative estimate of drug-likeness (QED) is 0.575. The van der Waals surface area contributed by atoms with Crippen LogP contribution >= 0.6 is 0 Å². The fourth-order valence-corrected chi connectivity index (χ4v) is 9.08. The first-order valence-electron chi connectivity index (χ1n) is 15.3.